The van der Waals surface area contributed by atoms with Gasteiger partial charge in [-0.25, -0.2) is 0 Å². The predicted octanol–water partition coefficient (Wildman–Crippen LogP) is 1.40. The average molecular weight is 358 g/mol. The maximum atomic E-state index is 12.0. The van der Waals surface area contributed by atoms with Gasteiger partial charge < -0.3 is 5.32 Å². The molecule has 2 heterocycles. The van der Waals surface area contributed by atoms with Crippen molar-refractivity contribution in [2.45, 2.75) is 12.8 Å². The Labute approximate surface area is 142 Å². The number of amides is 1. The van der Waals surface area contributed by atoms with Gasteiger partial charge in [0.2, 0.25) is 5.91 Å². The maximum absolute atomic E-state index is 12.0. The van der Waals surface area contributed by atoms with Crippen LogP contribution in [-0.4, -0.2) is 56.7 Å². The van der Waals surface area contributed by atoms with Crippen LogP contribution in [-0.2, 0) is 15.0 Å². The SMILES string of the molecule is CN(C)S(=O)(=O)N1CCC(CNC(=O)/C=C/c2ccsc2)CC1. The molecule has 23 heavy (non-hydrogen) atoms. The van der Waals surface area contributed by atoms with Crippen molar-refractivity contribution in [3.05, 3.63) is 28.5 Å². The summed E-state index contributed by atoms with van der Waals surface area (Å²) in [6.07, 6.45) is 4.86. The smallest absolute Gasteiger partial charge is 0.281 e. The van der Waals surface area contributed by atoms with Crippen LogP contribution in [0.5, 0.6) is 0 Å². The summed E-state index contributed by atoms with van der Waals surface area (Å²) >= 11 is 1.59. The summed E-state index contributed by atoms with van der Waals surface area (Å²) in [7, 11) is -0.233. The minimum Gasteiger partial charge on any atom is -0.352 e. The zero-order valence-electron chi connectivity index (χ0n) is 13.4. The minimum absolute atomic E-state index is 0.112. The van der Waals surface area contributed by atoms with Gasteiger partial charge >= 0.3 is 0 Å². The van der Waals surface area contributed by atoms with E-state index in [1.165, 1.54) is 14.7 Å². The lowest BCUT2D eigenvalue weighted by Gasteiger charge is -2.32. The number of hydrogen-bond donors (Lipinski definition) is 1. The zero-order chi connectivity index (χ0) is 16.9. The Balaban J connectivity index is 1.73. The predicted molar refractivity (Wildman–Crippen MR) is 93.3 cm³/mol. The first-order valence-electron chi connectivity index (χ1n) is 7.55. The number of carbonyl (C=O) groups is 1. The molecule has 0 saturated carbocycles. The lowest BCUT2D eigenvalue weighted by molar-refractivity contribution is -0.116. The van der Waals surface area contributed by atoms with Crippen LogP contribution in [0.4, 0.5) is 0 Å². The van der Waals surface area contributed by atoms with Crippen LogP contribution in [0, 0.1) is 5.92 Å². The Morgan fingerprint density at radius 1 is 1.43 bits per heavy atom. The van der Waals surface area contributed by atoms with Gasteiger partial charge in [-0.1, -0.05) is 0 Å². The molecule has 1 fully saturated rings. The highest BCUT2D eigenvalue weighted by Gasteiger charge is 2.29. The molecule has 8 heteroatoms. The summed E-state index contributed by atoms with van der Waals surface area (Å²) in [6.45, 7) is 1.60. The van der Waals surface area contributed by atoms with Crippen LogP contribution >= 0.6 is 11.3 Å². The van der Waals surface area contributed by atoms with E-state index < -0.39 is 10.2 Å². The highest BCUT2D eigenvalue weighted by Crippen LogP contribution is 2.19. The number of piperidine rings is 1. The van der Waals surface area contributed by atoms with E-state index in [1.54, 1.807) is 31.5 Å². The summed E-state index contributed by atoms with van der Waals surface area (Å²) in [5.41, 5.74) is 1.02. The third-order valence-corrected chi connectivity index (χ3v) is 6.54. The third-order valence-electron chi connectivity index (χ3n) is 3.90. The van der Waals surface area contributed by atoms with E-state index in [0.717, 1.165) is 18.4 Å². The van der Waals surface area contributed by atoms with Crippen molar-refractivity contribution in [1.29, 1.82) is 0 Å². The van der Waals surface area contributed by atoms with E-state index in [0.29, 0.717) is 25.6 Å². The number of carbonyl (C=O) groups excluding carboxylic acids is 1. The van der Waals surface area contributed by atoms with Crippen LogP contribution in [0.1, 0.15) is 18.4 Å². The van der Waals surface area contributed by atoms with Crippen LogP contribution in [0.25, 0.3) is 6.08 Å². The van der Waals surface area contributed by atoms with Gasteiger partial charge in [-0.05, 0) is 47.2 Å². The molecule has 0 spiro atoms. The molecule has 1 N–H and O–H groups in total. The van der Waals surface area contributed by atoms with Crippen molar-refractivity contribution in [3.63, 3.8) is 0 Å². The summed E-state index contributed by atoms with van der Waals surface area (Å²) in [5.74, 6) is 0.210. The third kappa shape index (κ3) is 5.13. The van der Waals surface area contributed by atoms with Crippen LogP contribution in [0.15, 0.2) is 22.9 Å². The normalized spacial score (nSPS) is 17.9. The number of thiophene rings is 1. The quantitative estimate of drug-likeness (QED) is 0.783. The van der Waals surface area contributed by atoms with Gasteiger partial charge in [-0.2, -0.15) is 28.4 Å². The van der Waals surface area contributed by atoms with Gasteiger partial charge in [0.15, 0.2) is 0 Å². The molecule has 1 aromatic rings. The summed E-state index contributed by atoms with van der Waals surface area (Å²) in [5, 5.41) is 6.83. The molecule has 2 rings (SSSR count). The van der Waals surface area contributed by atoms with Crippen LogP contribution < -0.4 is 5.32 Å². The molecule has 0 aliphatic carbocycles. The van der Waals surface area contributed by atoms with E-state index in [-0.39, 0.29) is 5.91 Å². The fourth-order valence-corrected chi connectivity index (χ4v) is 4.18. The van der Waals surface area contributed by atoms with Crippen molar-refractivity contribution in [2.75, 3.05) is 33.7 Å². The van der Waals surface area contributed by atoms with Crippen molar-refractivity contribution in [1.82, 2.24) is 13.9 Å². The molecule has 0 bridgehead atoms. The Morgan fingerprint density at radius 3 is 2.70 bits per heavy atom. The zero-order valence-corrected chi connectivity index (χ0v) is 15.1. The molecule has 0 unspecified atom stereocenters. The van der Waals surface area contributed by atoms with E-state index >= 15 is 0 Å². The molecular weight excluding hydrogens is 334 g/mol. The standard InChI is InChI=1S/C15H23N3O3S2/c1-17(2)23(20,21)18-8-5-13(6-9-18)11-16-15(19)4-3-14-7-10-22-12-14/h3-4,7,10,12-13H,5-6,8-9,11H2,1-2H3,(H,16,19)/b4-3+. The molecule has 0 aromatic carbocycles. The molecule has 1 aliphatic heterocycles. The van der Waals surface area contributed by atoms with E-state index in [4.69, 9.17) is 0 Å². The summed E-state index contributed by atoms with van der Waals surface area (Å²) < 4.78 is 26.8. The van der Waals surface area contributed by atoms with Crippen molar-refractivity contribution >= 4 is 33.5 Å². The monoisotopic (exact) mass is 357 g/mol. The second-order valence-corrected chi connectivity index (χ2v) is 8.69. The molecular formula is C15H23N3O3S2. The van der Waals surface area contributed by atoms with Crippen molar-refractivity contribution in [3.8, 4) is 0 Å². The topological polar surface area (TPSA) is 69.7 Å². The molecule has 1 aromatic heterocycles. The Morgan fingerprint density at radius 2 is 2.13 bits per heavy atom. The molecule has 0 radical (unpaired) electrons. The molecule has 128 valence electrons. The number of rotatable bonds is 6. The van der Waals surface area contributed by atoms with Crippen LogP contribution in [0.2, 0.25) is 0 Å². The van der Waals surface area contributed by atoms with E-state index in [9.17, 15) is 13.2 Å². The molecule has 6 nitrogen and oxygen atoms in total. The van der Waals surface area contributed by atoms with Gasteiger partial charge in [0.1, 0.15) is 0 Å². The molecule has 1 aliphatic rings. The Bertz CT molecular complexity index is 631. The summed E-state index contributed by atoms with van der Waals surface area (Å²) in [6, 6.07) is 1.95. The fraction of sp³-hybridized carbons (Fsp3) is 0.533. The number of nitrogens with one attached hydrogen (secondary N) is 1. The second kappa shape index (κ2) is 8.05. The van der Waals surface area contributed by atoms with Gasteiger partial charge in [0.25, 0.3) is 10.2 Å². The average Bonchev–Trinajstić information content (AvgIpc) is 3.04. The largest absolute Gasteiger partial charge is 0.352 e. The highest BCUT2D eigenvalue weighted by atomic mass is 32.2. The van der Waals surface area contributed by atoms with Gasteiger partial charge in [-0.15, -0.1) is 0 Å². The molecule has 0 atom stereocenters. The second-order valence-electron chi connectivity index (χ2n) is 5.77. The minimum atomic E-state index is -3.32. The lowest BCUT2D eigenvalue weighted by atomic mass is 9.98. The van der Waals surface area contributed by atoms with E-state index in [2.05, 4.69) is 5.32 Å². The van der Waals surface area contributed by atoms with Gasteiger partial charge in [-0.3, -0.25) is 4.79 Å². The van der Waals surface area contributed by atoms with Gasteiger partial charge in [0, 0.05) is 39.8 Å². The fourth-order valence-electron chi connectivity index (χ4n) is 2.42. The van der Waals surface area contributed by atoms with Crippen molar-refractivity contribution < 1.29 is 13.2 Å². The molecule has 1 saturated heterocycles. The molecule has 1 amide bonds. The van der Waals surface area contributed by atoms with E-state index in [1.807, 2.05) is 16.8 Å². The Hall–Kier alpha value is -1.22. The summed E-state index contributed by atoms with van der Waals surface area (Å²) in [4.78, 5) is 11.8. The van der Waals surface area contributed by atoms with Crippen LogP contribution in [0.3, 0.4) is 0 Å². The Kier molecular flexibility index (Phi) is 6.34. The van der Waals surface area contributed by atoms with Crippen molar-refractivity contribution in [2.24, 2.45) is 5.92 Å². The maximum Gasteiger partial charge on any atom is 0.281 e. The first-order valence-corrected chi connectivity index (χ1v) is 9.89. The first-order chi connectivity index (χ1) is 10.9. The number of nitrogens with zero attached hydrogens (tertiary/aromatic N) is 2. The lowest BCUT2D eigenvalue weighted by Crippen LogP contribution is -2.45. The highest BCUT2D eigenvalue weighted by molar-refractivity contribution is 7.86. The number of hydrogen-bond acceptors (Lipinski definition) is 4. The first kappa shape index (κ1) is 18.1. The van der Waals surface area contributed by atoms with Gasteiger partial charge in [0.05, 0.1) is 0 Å².